The van der Waals surface area contributed by atoms with Crippen molar-refractivity contribution in [1.82, 2.24) is 4.98 Å². The molecule has 6 heteroatoms. The van der Waals surface area contributed by atoms with Gasteiger partial charge in [-0.3, -0.25) is 0 Å². The number of thiazole rings is 1. The van der Waals surface area contributed by atoms with E-state index in [1.54, 1.807) is 31.2 Å². The number of carbonyl (C=O) groups excluding carboxylic acids is 1. The molecule has 0 aliphatic rings. The molecule has 0 aliphatic carbocycles. The lowest BCUT2D eigenvalue weighted by molar-refractivity contribution is -0.159. The van der Waals surface area contributed by atoms with Crippen LogP contribution in [-0.2, 0) is 9.53 Å². The average Bonchev–Trinajstić information content (AvgIpc) is 2.86. The number of halogens is 1. The summed E-state index contributed by atoms with van der Waals surface area (Å²) in [5, 5.41) is 2.84. The highest BCUT2D eigenvalue weighted by Gasteiger charge is 2.20. The van der Waals surface area contributed by atoms with Crippen molar-refractivity contribution >= 4 is 17.3 Å². The van der Waals surface area contributed by atoms with Crippen molar-refractivity contribution in [3.8, 4) is 16.3 Å². The van der Waals surface area contributed by atoms with Gasteiger partial charge in [0.15, 0.2) is 0 Å². The molecule has 1 unspecified atom stereocenters. The molecule has 0 spiro atoms. The van der Waals surface area contributed by atoms with Crippen molar-refractivity contribution in [3.63, 3.8) is 0 Å². The van der Waals surface area contributed by atoms with Crippen LogP contribution in [0.1, 0.15) is 12.6 Å². The van der Waals surface area contributed by atoms with Crippen molar-refractivity contribution in [2.75, 3.05) is 6.61 Å². The van der Waals surface area contributed by atoms with Crippen LogP contribution < -0.4 is 4.74 Å². The third kappa shape index (κ3) is 3.54. The quantitative estimate of drug-likeness (QED) is 0.794. The summed E-state index contributed by atoms with van der Waals surface area (Å²) in [6.45, 7) is 3.64. The van der Waals surface area contributed by atoms with E-state index >= 15 is 0 Å². The van der Waals surface area contributed by atoms with E-state index in [0.29, 0.717) is 0 Å². The van der Waals surface area contributed by atoms with Crippen LogP contribution >= 0.6 is 11.3 Å². The minimum absolute atomic E-state index is 0.116. The van der Waals surface area contributed by atoms with Crippen LogP contribution in [-0.4, -0.2) is 23.9 Å². The molecule has 0 aliphatic heterocycles. The molecule has 1 heterocycles. The number of esters is 1. The van der Waals surface area contributed by atoms with E-state index < -0.39 is 12.3 Å². The largest absolute Gasteiger partial charge is 0.461 e. The fraction of sp³-hybridized carbons (Fsp3) is 0.286. The summed E-state index contributed by atoms with van der Waals surface area (Å²) in [6, 6.07) is 6.73. The summed E-state index contributed by atoms with van der Waals surface area (Å²) >= 11 is 1.53. The maximum Gasteiger partial charge on any atom is 0.381 e. The van der Waals surface area contributed by atoms with E-state index in [1.807, 2.05) is 12.3 Å². The van der Waals surface area contributed by atoms with Crippen molar-refractivity contribution in [2.24, 2.45) is 0 Å². The second-order valence-electron chi connectivity index (χ2n) is 4.00. The Hall–Kier alpha value is -1.95. The Morgan fingerprint density at radius 1 is 1.40 bits per heavy atom. The van der Waals surface area contributed by atoms with Crippen LogP contribution in [0.4, 0.5) is 4.39 Å². The van der Waals surface area contributed by atoms with Crippen LogP contribution in [0.5, 0.6) is 5.75 Å². The number of aromatic nitrogens is 1. The van der Waals surface area contributed by atoms with Gasteiger partial charge in [0.25, 0.3) is 0 Å². The molecule has 0 fully saturated rings. The lowest BCUT2D eigenvalue weighted by atomic mass is 10.2. The number of benzene rings is 1. The molecule has 2 aromatic rings. The molecule has 20 heavy (non-hydrogen) atoms. The smallest absolute Gasteiger partial charge is 0.381 e. The Kier molecular flexibility index (Phi) is 4.68. The van der Waals surface area contributed by atoms with Gasteiger partial charge in [0, 0.05) is 16.6 Å². The molecule has 0 bridgehead atoms. The lowest BCUT2D eigenvalue weighted by Crippen LogP contribution is -2.24. The van der Waals surface area contributed by atoms with Crippen LogP contribution in [0.2, 0.25) is 0 Å². The predicted molar refractivity (Wildman–Crippen MR) is 74.4 cm³/mol. The molecule has 0 radical (unpaired) electrons. The maximum atomic E-state index is 13.4. The van der Waals surface area contributed by atoms with Gasteiger partial charge in [-0.2, -0.15) is 4.39 Å². The van der Waals surface area contributed by atoms with E-state index in [9.17, 15) is 9.18 Å². The Morgan fingerprint density at radius 3 is 2.65 bits per heavy atom. The molecule has 1 aromatic heterocycles. The zero-order valence-electron chi connectivity index (χ0n) is 11.1. The van der Waals surface area contributed by atoms with Crippen molar-refractivity contribution < 1.29 is 18.7 Å². The fourth-order valence-electron chi connectivity index (χ4n) is 1.54. The number of alkyl halides is 1. The third-order valence-corrected chi connectivity index (χ3v) is 3.44. The number of nitrogens with zero attached hydrogens (tertiary/aromatic N) is 1. The molecular weight excluding hydrogens is 281 g/mol. The van der Waals surface area contributed by atoms with Crippen LogP contribution in [0.25, 0.3) is 10.6 Å². The van der Waals surface area contributed by atoms with E-state index in [2.05, 4.69) is 9.72 Å². The van der Waals surface area contributed by atoms with Gasteiger partial charge in [-0.25, -0.2) is 9.78 Å². The molecule has 2 rings (SSSR count). The summed E-state index contributed by atoms with van der Waals surface area (Å²) in [7, 11) is 0. The Bertz CT molecular complexity index is 582. The minimum atomic E-state index is -2.11. The standard InChI is InChI=1S/C14H14FNO3S/c1-3-18-14(17)12(15)19-11-6-4-10(5-7-11)13-16-9(2)8-20-13/h4-8,12H,3H2,1-2H3. The van der Waals surface area contributed by atoms with E-state index in [-0.39, 0.29) is 12.4 Å². The zero-order chi connectivity index (χ0) is 14.5. The molecule has 0 saturated carbocycles. The summed E-state index contributed by atoms with van der Waals surface area (Å²) in [5.74, 6) is -0.755. The highest BCUT2D eigenvalue weighted by molar-refractivity contribution is 7.13. The molecule has 0 saturated heterocycles. The van der Waals surface area contributed by atoms with Gasteiger partial charge in [0.2, 0.25) is 0 Å². The Labute approximate surface area is 120 Å². The predicted octanol–water partition coefficient (Wildman–Crippen LogP) is 3.36. The minimum Gasteiger partial charge on any atom is -0.461 e. The highest BCUT2D eigenvalue weighted by atomic mass is 32.1. The van der Waals surface area contributed by atoms with Gasteiger partial charge in [-0.05, 0) is 38.1 Å². The number of carbonyl (C=O) groups is 1. The SMILES string of the molecule is CCOC(=O)C(F)Oc1ccc(-c2nc(C)cs2)cc1. The van der Waals surface area contributed by atoms with Crippen molar-refractivity contribution in [3.05, 3.63) is 35.3 Å². The summed E-state index contributed by atoms with van der Waals surface area (Å²) in [6.07, 6.45) is -2.11. The van der Waals surface area contributed by atoms with E-state index in [0.717, 1.165) is 16.3 Å². The lowest BCUT2D eigenvalue weighted by Gasteiger charge is -2.10. The topological polar surface area (TPSA) is 48.4 Å². The first-order valence-corrected chi connectivity index (χ1v) is 6.98. The molecule has 4 nitrogen and oxygen atoms in total. The summed E-state index contributed by atoms with van der Waals surface area (Å²) < 4.78 is 22.8. The van der Waals surface area contributed by atoms with Gasteiger partial charge in [-0.1, -0.05) is 0 Å². The van der Waals surface area contributed by atoms with Crippen molar-refractivity contribution in [1.29, 1.82) is 0 Å². The van der Waals surface area contributed by atoms with Crippen molar-refractivity contribution in [2.45, 2.75) is 20.2 Å². The van der Waals surface area contributed by atoms with E-state index in [4.69, 9.17) is 4.74 Å². The van der Waals surface area contributed by atoms with Crippen LogP contribution in [0.15, 0.2) is 29.6 Å². The van der Waals surface area contributed by atoms with Gasteiger partial charge in [0.1, 0.15) is 10.8 Å². The first-order chi connectivity index (χ1) is 9.60. The number of hydrogen-bond acceptors (Lipinski definition) is 5. The first kappa shape index (κ1) is 14.5. The van der Waals surface area contributed by atoms with Gasteiger partial charge in [-0.15, -0.1) is 11.3 Å². The number of hydrogen-bond donors (Lipinski definition) is 0. The fourth-order valence-corrected chi connectivity index (χ4v) is 2.34. The van der Waals surface area contributed by atoms with Gasteiger partial charge < -0.3 is 9.47 Å². The average molecular weight is 295 g/mol. The second kappa shape index (κ2) is 6.47. The molecule has 1 aromatic carbocycles. The molecular formula is C14H14FNO3S. The van der Waals surface area contributed by atoms with Crippen LogP contribution in [0.3, 0.4) is 0 Å². The second-order valence-corrected chi connectivity index (χ2v) is 4.86. The number of ether oxygens (including phenoxy) is 2. The zero-order valence-corrected chi connectivity index (χ0v) is 11.9. The monoisotopic (exact) mass is 295 g/mol. The summed E-state index contributed by atoms with van der Waals surface area (Å²) in [5.41, 5.74) is 1.87. The molecule has 106 valence electrons. The van der Waals surface area contributed by atoms with Gasteiger partial charge >= 0.3 is 12.3 Å². The molecule has 1 atom stereocenters. The highest BCUT2D eigenvalue weighted by Crippen LogP contribution is 2.25. The molecule has 0 amide bonds. The molecule has 0 N–H and O–H groups in total. The number of rotatable bonds is 5. The van der Waals surface area contributed by atoms with E-state index in [1.165, 1.54) is 11.3 Å². The summed E-state index contributed by atoms with van der Waals surface area (Å²) in [4.78, 5) is 15.5. The third-order valence-electron chi connectivity index (χ3n) is 2.43. The van der Waals surface area contributed by atoms with Crippen LogP contribution in [0, 0.1) is 6.92 Å². The first-order valence-electron chi connectivity index (χ1n) is 6.10. The Morgan fingerprint density at radius 2 is 2.10 bits per heavy atom. The Balaban J connectivity index is 2.03. The number of aryl methyl sites for hydroxylation is 1. The maximum absolute atomic E-state index is 13.4. The normalized spacial score (nSPS) is 11.9. The van der Waals surface area contributed by atoms with Gasteiger partial charge in [0.05, 0.1) is 6.61 Å².